The second-order valence-corrected chi connectivity index (χ2v) is 2.73. The second-order valence-electron chi connectivity index (χ2n) is 2.73. The Balaban J connectivity index is 0. The fourth-order valence-electron chi connectivity index (χ4n) is 1.46. The number of fused-ring (bicyclic) bond motifs is 1. The van der Waals surface area contributed by atoms with E-state index in [1.165, 1.54) is 0 Å². The topological polar surface area (TPSA) is 99.4 Å². The van der Waals surface area contributed by atoms with Crippen LogP contribution in [0.1, 0.15) is 0 Å². The fourth-order valence-corrected chi connectivity index (χ4v) is 1.46. The molecule has 4 N–H and O–H groups in total. The summed E-state index contributed by atoms with van der Waals surface area (Å²) in [5.74, 6) is 0. The Hall–Kier alpha value is 0.864. The van der Waals surface area contributed by atoms with Crippen molar-refractivity contribution in [1.82, 2.24) is 0 Å². The van der Waals surface area contributed by atoms with Crippen molar-refractivity contribution in [2.45, 2.75) is 24.4 Å². The maximum Gasteiger partial charge on any atom is 0.114 e. The van der Waals surface area contributed by atoms with Gasteiger partial charge in [0.05, 0.1) is 13.2 Å². The maximum atomic E-state index is 9.16. The van der Waals surface area contributed by atoms with Crippen LogP contribution in [0, 0.1) is 14.2 Å². The van der Waals surface area contributed by atoms with Gasteiger partial charge in [-0.3, -0.25) is 0 Å². The van der Waals surface area contributed by atoms with Gasteiger partial charge in [-0.05, 0) is 0 Å². The van der Waals surface area contributed by atoms with E-state index in [1.807, 2.05) is 0 Å². The minimum absolute atomic E-state index is 0. The summed E-state index contributed by atoms with van der Waals surface area (Å²) in [6, 6.07) is 0. The first-order chi connectivity index (χ1) is 6.79. The first-order valence-electron chi connectivity index (χ1n) is 4.01. The average Bonchev–Trinajstić information content (AvgIpc) is 2.79. The summed E-state index contributed by atoms with van der Waals surface area (Å²) >= 11 is 0. The largest absolute Gasteiger partial charge is 0.569 e. The second kappa shape index (κ2) is 10.0. The normalized spacial score (nSPS) is 36.4. The third-order valence-corrected chi connectivity index (χ3v) is 2.00. The van der Waals surface area contributed by atoms with Crippen molar-refractivity contribution in [3.05, 3.63) is 14.2 Å². The molecule has 0 saturated carbocycles. The number of hydrogen-bond acceptors (Lipinski definition) is 6. The molecule has 0 spiro atoms. The molecule has 2 aliphatic rings. The minimum Gasteiger partial charge on any atom is -0.569 e. The summed E-state index contributed by atoms with van der Waals surface area (Å²) in [6.07, 6.45) is -1.70. The molecule has 6 nitrogen and oxygen atoms in total. The Labute approximate surface area is 114 Å². The standard InChI is InChI=1S/C6H10O4.2CH3O.Y/c7-3-1-9-6-4(8)2-10-5(3)6;2*1-2;/h3-8H,1-2H2;2*2H,1H2;/q;2*-1;. The summed E-state index contributed by atoms with van der Waals surface area (Å²) in [5, 5.41) is 31.8. The van der Waals surface area contributed by atoms with Gasteiger partial charge in [0.15, 0.2) is 0 Å². The average molecular weight is 297 g/mol. The molecule has 0 amide bonds. The van der Waals surface area contributed by atoms with Crippen LogP contribution in [0.4, 0.5) is 0 Å². The van der Waals surface area contributed by atoms with Gasteiger partial charge in [-0.25, -0.2) is 14.2 Å². The molecular formula is C8H16O6Y-2. The Bertz CT molecular complexity index is 131. The Morgan fingerprint density at radius 1 is 0.800 bits per heavy atom. The zero-order valence-electron chi connectivity index (χ0n) is 8.32. The third-order valence-electron chi connectivity index (χ3n) is 2.00. The van der Waals surface area contributed by atoms with E-state index in [4.69, 9.17) is 29.9 Å². The molecular weight excluding hydrogens is 281 g/mol. The molecule has 7 heteroatoms. The van der Waals surface area contributed by atoms with E-state index in [-0.39, 0.29) is 58.1 Å². The Morgan fingerprint density at radius 2 is 1.07 bits per heavy atom. The number of aliphatic hydroxyl groups excluding tert-OH is 4. The van der Waals surface area contributed by atoms with Gasteiger partial charge in [0.25, 0.3) is 0 Å². The number of rotatable bonds is 0. The summed E-state index contributed by atoms with van der Waals surface area (Å²) < 4.78 is 10.2. The van der Waals surface area contributed by atoms with Crippen molar-refractivity contribution < 1.29 is 62.6 Å². The molecule has 0 aromatic rings. The van der Waals surface area contributed by atoms with Gasteiger partial charge in [-0.1, -0.05) is 0 Å². The molecule has 89 valence electrons. The van der Waals surface area contributed by atoms with E-state index < -0.39 is 12.2 Å². The molecule has 0 bridgehead atoms. The zero-order chi connectivity index (χ0) is 11.1. The van der Waals surface area contributed by atoms with Crippen LogP contribution in [0.5, 0.6) is 0 Å². The van der Waals surface area contributed by atoms with Crippen LogP contribution in [-0.4, -0.2) is 58.1 Å². The smallest absolute Gasteiger partial charge is 0.114 e. The van der Waals surface area contributed by atoms with Crippen LogP contribution >= 0.6 is 0 Å². The summed E-state index contributed by atoms with van der Waals surface area (Å²) in [6.45, 7) is 0.568. The predicted octanol–water partition coefficient (Wildman–Crippen LogP) is -1.20. The van der Waals surface area contributed by atoms with Crippen molar-refractivity contribution in [2.75, 3.05) is 13.2 Å². The van der Waals surface area contributed by atoms with Gasteiger partial charge in [-0.15, -0.1) is 0 Å². The van der Waals surface area contributed by atoms with E-state index in [9.17, 15) is 0 Å². The first kappa shape index (κ1) is 18.2. The van der Waals surface area contributed by atoms with Crippen LogP contribution in [0.2, 0.25) is 0 Å². The van der Waals surface area contributed by atoms with E-state index >= 15 is 0 Å². The van der Waals surface area contributed by atoms with Crippen LogP contribution in [0.3, 0.4) is 0 Å². The maximum absolute atomic E-state index is 9.16. The number of aliphatic hydroxyl groups is 4. The van der Waals surface area contributed by atoms with E-state index in [2.05, 4.69) is 14.2 Å². The van der Waals surface area contributed by atoms with Gasteiger partial charge in [0.2, 0.25) is 0 Å². The molecule has 2 rings (SSSR count). The van der Waals surface area contributed by atoms with Gasteiger partial charge in [0.1, 0.15) is 24.4 Å². The summed E-state index contributed by atoms with van der Waals surface area (Å²) in [5.41, 5.74) is 0. The summed E-state index contributed by atoms with van der Waals surface area (Å²) in [7, 11) is 4.50. The Kier molecular flexibility index (Phi) is 12.2. The number of hydrogen-bond donors (Lipinski definition) is 4. The van der Waals surface area contributed by atoms with E-state index in [0.717, 1.165) is 0 Å². The van der Waals surface area contributed by atoms with Crippen molar-refractivity contribution >= 4 is 0 Å². The molecule has 4 atom stereocenters. The van der Waals surface area contributed by atoms with E-state index in [1.54, 1.807) is 0 Å². The van der Waals surface area contributed by atoms with Gasteiger partial charge in [-0.2, -0.15) is 0 Å². The van der Waals surface area contributed by atoms with Crippen molar-refractivity contribution in [1.29, 1.82) is 0 Å². The SMILES string of the molecule is OC1COC2C(O)COC12.[CH2-]O.[CH2-]O.[Y]. The zero-order valence-corrected chi connectivity index (χ0v) is 11.2. The van der Waals surface area contributed by atoms with Crippen LogP contribution in [0.15, 0.2) is 0 Å². The molecule has 2 fully saturated rings. The molecule has 15 heavy (non-hydrogen) atoms. The van der Waals surface area contributed by atoms with Gasteiger partial charge < -0.3 is 29.9 Å². The molecule has 2 aliphatic heterocycles. The molecule has 2 heterocycles. The molecule has 4 unspecified atom stereocenters. The quantitative estimate of drug-likeness (QED) is 0.419. The minimum atomic E-state index is -0.554. The summed E-state index contributed by atoms with van der Waals surface area (Å²) in [4.78, 5) is 0. The Morgan fingerprint density at radius 3 is 1.33 bits per heavy atom. The molecule has 0 aromatic carbocycles. The number of ether oxygens (including phenoxy) is 2. The first-order valence-corrected chi connectivity index (χ1v) is 4.01. The van der Waals surface area contributed by atoms with Crippen molar-refractivity contribution in [2.24, 2.45) is 0 Å². The molecule has 0 aromatic heterocycles. The van der Waals surface area contributed by atoms with Gasteiger partial charge in [0, 0.05) is 32.7 Å². The van der Waals surface area contributed by atoms with Crippen LogP contribution < -0.4 is 0 Å². The van der Waals surface area contributed by atoms with Crippen LogP contribution in [-0.2, 0) is 42.2 Å². The third kappa shape index (κ3) is 4.71. The molecule has 2 saturated heterocycles. The molecule has 0 aliphatic carbocycles. The van der Waals surface area contributed by atoms with Crippen LogP contribution in [0.25, 0.3) is 0 Å². The molecule has 1 radical (unpaired) electrons. The predicted molar refractivity (Wildman–Crippen MR) is 46.1 cm³/mol. The van der Waals surface area contributed by atoms with Crippen molar-refractivity contribution in [3.8, 4) is 0 Å². The monoisotopic (exact) mass is 297 g/mol. The van der Waals surface area contributed by atoms with E-state index in [0.29, 0.717) is 0 Å². The fraction of sp³-hybridized carbons (Fsp3) is 0.750. The van der Waals surface area contributed by atoms with Gasteiger partial charge >= 0.3 is 0 Å². The van der Waals surface area contributed by atoms with Crippen molar-refractivity contribution in [3.63, 3.8) is 0 Å².